The van der Waals surface area contributed by atoms with E-state index in [-0.39, 0.29) is 5.91 Å². The Bertz CT molecular complexity index is 1180. The Kier molecular flexibility index (Phi) is 4.01. The van der Waals surface area contributed by atoms with Gasteiger partial charge in [0.25, 0.3) is 5.91 Å². The number of rotatable bonds is 2. The van der Waals surface area contributed by atoms with Crippen LogP contribution in [0.1, 0.15) is 28.4 Å². The first-order chi connectivity index (χ1) is 12.1. The van der Waals surface area contributed by atoms with E-state index in [2.05, 4.69) is 47.4 Å². The molecule has 2 aromatic carbocycles. The molecule has 0 atom stereocenters. The lowest BCUT2D eigenvalue weighted by Gasteiger charge is -2.03. The second-order valence-electron chi connectivity index (χ2n) is 6.01. The maximum Gasteiger partial charge on any atom is 0.279 e. The minimum absolute atomic E-state index is 0.210. The molecule has 4 aromatic rings. The summed E-state index contributed by atoms with van der Waals surface area (Å²) < 4.78 is 4.31. The molecule has 0 aliphatic rings. The molecule has 0 aliphatic heterocycles. The van der Waals surface area contributed by atoms with Crippen molar-refractivity contribution in [2.24, 2.45) is 4.99 Å². The summed E-state index contributed by atoms with van der Waals surface area (Å²) in [6.07, 6.45) is 0. The number of amides is 1. The Labute approximate surface area is 153 Å². The third-order valence-electron chi connectivity index (χ3n) is 4.21. The molecule has 25 heavy (non-hydrogen) atoms. The molecule has 6 heteroatoms. The summed E-state index contributed by atoms with van der Waals surface area (Å²) in [5, 5.41) is 0. The predicted molar refractivity (Wildman–Crippen MR) is 104 cm³/mol. The Balaban J connectivity index is 1.87. The van der Waals surface area contributed by atoms with Crippen molar-refractivity contribution in [3.8, 4) is 0 Å². The van der Waals surface area contributed by atoms with E-state index < -0.39 is 0 Å². The average molecular weight is 367 g/mol. The first-order valence-electron chi connectivity index (χ1n) is 8.09. The van der Waals surface area contributed by atoms with Gasteiger partial charge in [-0.1, -0.05) is 17.4 Å². The number of aromatic nitrogens is 2. The predicted octanol–water partition coefficient (Wildman–Crippen LogP) is 4.69. The van der Waals surface area contributed by atoms with E-state index in [1.807, 2.05) is 12.1 Å². The molecule has 4 rings (SSSR count). The minimum Gasteiger partial charge on any atom is -0.317 e. The third kappa shape index (κ3) is 2.81. The first kappa shape index (κ1) is 16.2. The van der Waals surface area contributed by atoms with Gasteiger partial charge in [-0.15, -0.1) is 11.3 Å². The van der Waals surface area contributed by atoms with Crippen LogP contribution in [0.2, 0.25) is 0 Å². The van der Waals surface area contributed by atoms with Crippen molar-refractivity contribution in [1.29, 1.82) is 0 Å². The van der Waals surface area contributed by atoms with Crippen molar-refractivity contribution in [1.82, 2.24) is 9.55 Å². The highest BCUT2D eigenvalue weighted by molar-refractivity contribution is 7.17. The second-order valence-corrected chi connectivity index (χ2v) is 7.87. The molecule has 0 unspecified atom stereocenters. The number of thiazole rings is 2. The first-order valence-corrected chi connectivity index (χ1v) is 9.79. The van der Waals surface area contributed by atoms with E-state index in [0.29, 0.717) is 5.56 Å². The van der Waals surface area contributed by atoms with Crippen LogP contribution in [0.5, 0.6) is 0 Å². The quantitative estimate of drug-likeness (QED) is 0.516. The van der Waals surface area contributed by atoms with Gasteiger partial charge in [0.2, 0.25) is 0 Å². The van der Waals surface area contributed by atoms with Crippen molar-refractivity contribution in [2.75, 3.05) is 0 Å². The molecule has 126 valence electrons. The van der Waals surface area contributed by atoms with Gasteiger partial charge in [0.05, 0.1) is 25.9 Å². The largest absolute Gasteiger partial charge is 0.317 e. The van der Waals surface area contributed by atoms with Crippen molar-refractivity contribution >= 4 is 49.0 Å². The van der Waals surface area contributed by atoms with Gasteiger partial charge in [-0.3, -0.25) is 4.79 Å². The van der Waals surface area contributed by atoms with Crippen molar-refractivity contribution in [3.05, 3.63) is 57.3 Å². The number of nitrogens with zero attached hydrogens (tertiary/aromatic N) is 3. The highest BCUT2D eigenvalue weighted by atomic mass is 32.1. The smallest absolute Gasteiger partial charge is 0.279 e. The Hall–Kier alpha value is -2.31. The van der Waals surface area contributed by atoms with Gasteiger partial charge < -0.3 is 4.57 Å². The number of fused-ring (bicyclic) bond motifs is 2. The summed E-state index contributed by atoms with van der Waals surface area (Å²) in [5.74, 6) is -0.210. The van der Waals surface area contributed by atoms with E-state index in [1.165, 1.54) is 27.2 Å². The number of hydrogen-bond acceptors (Lipinski definition) is 4. The van der Waals surface area contributed by atoms with Crippen molar-refractivity contribution in [3.63, 3.8) is 0 Å². The standard InChI is InChI=1S/C19H17N3OS2/c1-4-22-15-8-11(2)7-12(3)17(15)25-19(22)21-18(23)13-5-6-14-16(9-13)24-10-20-14/h5-10H,4H2,1-3H3. The van der Waals surface area contributed by atoms with Gasteiger partial charge in [-0.05, 0) is 56.2 Å². The molecule has 4 nitrogen and oxygen atoms in total. The molecule has 2 heterocycles. The lowest BCUT2D eigenvalue weighted by atomic mass is 10.1. The molecule has 0 saturated heterocycles. The molecule has 0 N–H and O–H groups in total. The fourth-order valence-corrected chi connectivity index (χ4v) is 4.90. The van der Waals surface area contributed by atoms with E-state index >= 15 is 0 Å². The van der Waals surface area contributed by atoms with Gasteiger partial charge >= 0.3 is 0 Å². The zero-order valence-electron chi connectivity index (χ0n) is 14.2. The summed E-state index contributed by atoms with van der Waals surface area (Å²) in [6, 6.07) is 9.88. The second kappa shape index (κ2) is 6.20. The summed E-state index contributed by atoms with van der Waals surface area (Å²) in [7, 11) is 0. The highest BCUT2D eigenvalue weighted by Gasteiger charge is 2.11. The van der Waals surface area contributed by atoms with Crippen LogP contribution < -0.4 is 4.80 Å². The van der Waals surface area contributed by atoms with Gasteiger partial charge in [-0.25, -0.2) is 4.98 Å². The van der Waals surface area contributed by atoms with E-state index in [9.17, 15) is 4.79 Å². The summed E-state index contributed by atoms with van der Waals surface area (Å²) in [5.41, 5.74) is 6.90. The molecule has 0 saturated carbocycles. The third-order valence-corrected chi connectivity index (χ3v) is 6.23. The molecule has 1 amide bonds. The normalized spacial score (nSPS) is 12.4. The fourth-order valence-electron chi connectivity index (χ4n) is 3.04. The van der Waals surface area contributed by atoms with E-state index in [1.54, 1.807) is 22.9 Å². The molecule has 0 aliphatic carbocycles. The number of aryl methyl sites for hydroxylation is 3. The lowest BCUT2D eigenvalue weighted by molar-refractivity contribution is 0.0998. The number of hydrogen-bond donors (Lipinski definition) is 0. The average Bonchev–Trinajstić information content (AvgIpc) is 3.18. The number of carbonyl (C=O) groups is 1. The number of carbonyl (C=O) groups excluding carboxylic acids is 1. The van der Waals surface area contributed by atoms with Gasteiger partial charge in [-0.2, -0.15) is 4.99 Å². The maximum atomic E-state index is 12.7. The lowest BCUT2D eigenvalue weighted by Crippen LogP contribution is -2.15. The molecule has 2 aromatic heterocycles. The minimum atomic E-state index is -0.210. The molecule has 0 radical (unpaired) electrons. The summed E-state index contributed by atoms with van der Waals surface area (Å²) in [6.45, 7) is 7.06. The van der Waals surface area contributed by atoms with Crippen LogP contribution >= 0.6 is 22.7 Å². The van der Waals surface area contributed by atoms with Crippen LogP contribution in [0.3, 0.4) is 0 Å². The molecular weight excluding hydrogens is 350 g/mol. The molecule has 0 bridgehead atoms. The monoisotopic (exact) mass is 367 g/mol. The van der Waals surface area contributed by atoms with E-state index in [0.717, 1.165) is 27.1 Å². The van der Waals surface area contributed by atoms with Crippen LogP contribution in [0.25, 0.3) is 20.4 Å². The Morgan fingerprint density at radius 3 is 2.88 bits per heavy atom. The maximum absolute atomic E-state index is 12.7. The van der Waals surface area contributed by atoms with Crippen LogP contribution in [0.4, 0.5) is 0 Å². The summed E-state index contributed by atoms with van der Waals surface area (Å²) >= 11 is 3.11. The molecule has 0 fully saturated rings. The van der Waals surface area contributed by atoms with Crippen LogP contribution in [-0.4, -0.2) is 15.5 Å². The van der Waals surface area contributed by atoms with Crippen LogP contribution in [0, 0.1) is 13.8 Å². The Morgan fingerprint density at radius 2 is 2.08 bits per heavy atom. The highest BCUT2D eigenvalue weighted by Crippen LogP contribution is 2.24. The summed E-state index contributed by atoms with van der Waals surface area (Å²) in [4.78, 5) is 22.1. The van der Waals surface area contributed by atoms with Crippen LogP contribution in [-0.2, 0) is 6.54 Å². The van der Waals surface area contributed by atoms with E-state index in [4.69, 9.17) is 0 Å². The molecule has 0 spiro atoms. The van der Waals surface area contributed by atoms with Gasteiger partial charge in [0, 0.05) is 12.1 Å². The van der Waals surface area contributed by atoms with Gasteiger partial charge in [0.15, 0.2) is 4.80 Å². The zero-order chi connectivity index (χ0) is 17.6. The fraction of sp³-hybridized carbons (Fsp3) is 0.211. The van der Waals surface area contributed by atoms with Crippen molar-refractivity contribution in [2.45, 2.75) is 27.3 Å². The Morgan fingerprint density at radius 1 is 1.24 bits per heavy atom. The van der Waals surface area contributed by atoms with Crippen LogP contribution in [0.15, 0.2) is 40.8 Å². The topological polar surface area (TPSA) is 47.2 Å². The zero-order valence-corrected chi connectivity index (χ0v) is 15.9. The molecular formula is C19H17N3OS2. The van der Waals surface area contributed by atoms with Gasteiger partial charge in [0.1, 0.15) is 0 Å². The SMILES string of the molecule is CCn1c(=NC(=O)c2ccc3ncsc3c2)sc2c(C)cc(C)cc21. The van der Waals surface area contributed by atoms with Crippen molar-refractivity contribution < 1.29 is 4.79 Å². The number of benzene rings is 2.